The average Bonchev–Trinajstić information content (AvgIpc) is 2.63. The quantitative estimate of drug-likeness (QED) is 0.626. The summed E-state index contributed by atoms with van der Waals surface area (Å²) in [6, 6.07) is 0. The van der Waals surface area contributed by atoms with Gasteiger partial charge in [-0.3, -0.25) is 0 Å². The zero-order valence-electron chi connectivity index (χ0n) is 6.80. The summed E-state index contributed by atoms with van der Waals surface area (Å²) >= 11 is 0. The van der Waals surface area contributed by atoms with Crippen LogP contribution in [-0.2, 0) is 6.54 Å². The molecule has 0 saturated heterocycles. The number of hydrogen-bond donors (Lipinski definition) is 0. The maximum atomic E-state index is 10.6. The summed E-state index contributed by atoms with van der Waals surface area (Å²) in [7, 11) is 0. The average molecular weight is 182 g/mol. The second-order valence-electron chi connectivity index (χ2n) is 2.44. The smallest absolute Gasteiger partial charge is 0.396 e. The molecule has 7 heteroatoms. The van der Waals surface area contributed by atoms with Crippen molar-refractivity contribution in [3.05, 3.63) is 28.5 Å². The first kappa shape index (κ1) is 7.71. The van der Waals surface area contributed by atoms with Crippen LogP contribution in [0.1, 0.15) is 11.5 Å². The molecule has 0 fully saturated rings. The Morgan fingerprint density at radius 1 is 1.54 bits per heavy atom. The van der Waals surface area contributed by atoms with E-state index >= 15 is 0 Å². The lowest BCUT2D eigenvalue weighted by molar-refractivity contribution is 0.364. The minimum absolute atomic E-state index is 0.296. The highest BCUT2D eigenvalue weighted by atomic mass is 16.6. The molecule has 0 bridgehead atoms. The van der Waals surface area contributed by atoms with E-state index < -0.39 is 5.82 Å². The van der Waals surface area contributed by atoms with Crippen molar-refractivity contribution < 1.29 is 8.83 Å². The van der Waals surface area contributed by atoms with Crippen molar-refractivity contribution in [2.45, 2.75) is 13.5 Å². The highest BCUT2D eigenvalue weighted by Gasteiger charge is 2.08. The summed E-state index contributed by atoms with van der Waals surface area (Å²) in [4.78, 5) is 10.6. The fourth-order valence-electron chi connectivity index (χ4n) is 0.919. The number of aryl methyl sites for hydroxylation is 1. The Bertz CT molecular complexity index is 441. The SMILES string of the molecule is Cc1oc(=O)oc1Cn1cnnn1. The molecular formula is C6H6N4O3. The molecule has 13 heavy (non-hydrogen) atoms. The first-order valence-corrected chi connectivity index (χ1v) is 3.56. The molecule has 68 valence electrons. The first-order chi connectivity index (χ1) is 6.25. The summed E-state index contributed by atoms with van der Waals surface area (Å²) in [5.41, 5.74) is 0. The molecular weight excluding hydrogens is 176 g/mol. The predicted molar refractivity (Wildman–Crippen MR) is 38.9 cm³/mol. The van der Waals surface area contributed by atoms with Crippen LogP contribution in [0, 0.1) is 6.92 Å². The van der Waals surface area contributed by atoms with Gasteiger partial charge in [0.05, 0.1) is 0 Å². The highest BCUT2D eigenvalue weighted by Crippen LogP contribution is 2.05. The second kappa shape index (κ2) is 2.85. The predicted octanol–water partition coefficient (Wildman–Crippen LogP) is -0.424. The van der Waals surface area contributed by atoms with E-state index in [4.69, 9.17) is 4.42 Å². The molecule has 0 N–H and O–H groups in total. The van der Waals surface area contributed by atoms with Gasteiger partial charge < -0.3 is 8.83 Å². The maximum absolute atomic E-state index is 10.6. The molecule has 2 aromatic heterocycles. The van der Waals surface area contributed by atoms with Gasteiger partial charge >= 0.3 is 5.82 Å². The minimum Gasteiger partial charge on any atom is -0.396 e. The zero-order chi connectivity index (χ0) is 9.26. The molecule has 0 aliphatic rings. The lowest BCUT2D eigenvalue weighted by atomic mass is 10.4. The third-order valence-corrected chi connectivity index (χ3v) is 1.53. The van der Waals surface area contributed by atoms with Crippen LogP contribution in [0.3, 0.4) is 0 Å². The molecule has 0 aromatic carbocycles. The first-order valence-electron chi connectivity index (χ1n) is 3.56. The van der Waals surface area contributed by atoms with Gasteiger partial charge in [0.1, 0.15) is 18.6 Å². The molecule has 2 rings (SSSR count). The van der Waals surface area contributed by atoms with Gasteiger partial charge in [-0.2, -0.15) is 0 Å². The van der Waals surface area contributed by atoms with Crippen molar-refractivity contribution >= 4 is 0 Å². The summed E-state index contributed by atoms with van der Waals surface area (Å²) in [6.07, 6.45) is 1.42. The van der Waals surface area contributed by atoms with Crippen molar-refractivity contribution in [1.82, 2.24) is 20.2 Å². The maximum Gasteiger partial charge on any atom is 0.519 e. The van der Waals surface area contributed by atoms with Gasteiger partial charge in [-0.15, -0.1) is 5.10 Å². The molecule has 0 aliphatic heterocycles. The third kappa shape index (κ3) is 1.48. The molecule has 0 unspecified atom stereocenters. The second-order valence-corrected chi connectivity index (χ2v) is 2.44. The van der Waals surface area contributed by atoms with Gasteiger partial charge in [-0.25, -0.2) is 9.48 Å². The minimum atomic E-state index is -0.708. The number of nitrogens with zero attached hydrogens (tertiary/aromatic N) is 4. The number of rotatable bonds is 2. The van der Waals surface area contributed by atoms with Crippen LogP contribution < -0.4 is 5.82 Å². The molecule has 0 spiro atoms. The standard InChI is InChI=1S/C6H6N4O3/c1-4-5(13-6(11)12-4)2-10-3-7-8-9-10/h3H,2H2,1H3. The highest BCUT2D eigenvalue weighted by molar-refractivity contribution is 5.00. The molecule has 0 saturated carbocycles. The van der Waals surface area contributed by atoms with Crippen LogP contribution in [0.4, 0.5) is 0 Å². The Hall–Kier alpha value is -1.92. The van der Waals surface area contributed by atoms with Gasteiger partial charge in [-0.05, 0) is 17.4 Å². The van der Waals surface area contributed by atoms with Crippen LogP contribution in [0.15, 0.2) is 20.0 Å². The largest absolute Gasteiger partial charge is 0.519 e. The lowest BCUT2D eigenvalue weighted by Crippen LogP contribution is -2.00. The summed E-state index contributed by atoms with van der Waals surface area (Å²) in [5.74, 6) is 0.165. The van der Waals surface area contributed by atoms with E-state index in [2.05, 4.69) is 19.9 Å². The van der Waals surface area contributed by atoms with Crippen LogP contribution in [0.5, 0.6) is 0 Å². The number of tetrazole rings is 1. The normalized spacial score (nSPS) is 10.5. The number of hydrogen-bond acceptors (Lipinski definition) is 6. The van der Waals surface area contributed by atoms with Gasteiger partial charge in [0.25, 0.3) is 0 Å². The van der Waals surface area contributed by atoms with E-state index in [-0.39, 0.29) is 0 Å². The summed E-state index contributed by atoms with van der Waals surface area (Å²) in [6.45, 7) is 1.94. The molecule has 2 heterocycles. The van der Waals surface area contributed by atoms with Crippen molar-refractivity contribution in [1.29, 1.82) is 0 Å². The Labute approximate surface area is 72.0 Å². The van der Waals surface area contributed by atoms with Crippen molar-refractivity contribution in [3.63, 3.8) is 0 Å². The molecule has 7 nitrogen and oxygen atoms in total. The van der Waals surface area contributed by atoms with Gasteiger partial charge in [0.2, 0.25) is 0 Å². The van der Waals surface area contributed by atoms with Crippen molar-refractivity contribution in [3.8, 4) is 0 Å². The van der Waals surface area contributed by atoms with E-state index in [0.29, 0.717) is 18.1 Å². The van der Waals surface area contributed by atoms with Crippen LogP contribution in [0.25, 0.3) is 0 Å². The Morgan fingerprint density at radius 2 is 2.38 bits per heavy atom. The Morgan fingerprint density at radius 3 is 2.92 bits per heavy atom. The van der Waals surface area contributed by atoms with Crippen molar-refractivity contribution in [2.75, 3.05) is 0 Å². The summed E-state index contributed by atoms with van der Waals surface area (Å²) in [5, 5.41) is 10.5. The topological polar surface area (TPSA) is 87.0 Å². The molecule has 0 atom stereocenters. The fraction of sp³-hybridized carbons (Fsp3) is 0.333. The van der Waals surface area contributed by atoms with Crippen LogP contribution in [-0.4, -0.2) is 20.2 Å². The monoisotopic (exact) mass is 182 g/mol. The van der Waals surface area contributed by atoms with E-state index in [1.165, 1.54) is 11.0 Å². The van der Waals surface area contributed by atoms with Gasteiger partial charge in [0.15, 0.2) is 5.76 Å². The molecule has 2 aromatic rings. The third-order valence-electron chi connectivity index (χ3n) is 1.53. The van der Waals surface area contributed by atoms with Gasteiger partial charge in [0, 0.05) is 0 Å². The van der Waals surface area contributed by atoms with Crippen molar-refractivity contribution in [2.24, 2.45) is 0 Å². The summed E-state index contributed by atoms with van der Waals surface area (Å²) < 4.78 is 10.8. The zero-order valence-corrected chi connectivity index (χ0v) is 6.80. The van der Waals surface area contributed by atoms with Crippen LogP contribution >= 0.6 is 0 Å². The lowest BCUT2D eigenvalue weighted by Gasteiger charge is -1.92. The van der Waals surface area contributed by atoms with E-state index in [9.17, 15) is 4.79 Å². The van der Waals surface area contributed by atoms with Gasteiger partial charge in [-0.1, -0.05) is 0 Å². The Balaban J connectivity index is 2.28. The Kier molecular flexibility index (Phi) is 1.69. The number of aromatic nitrogens is 4. The van der Waals surface area contributed by atoms with E-state index in [0.717, 1.165) is 0 Å². The molecule has 0 aliphatic carbocycles. The molecule has 0 amide bonds. The molecule has 0 radical (unpaired) electrons. The van der Waals surface area contributed by atoms with E-state index in [1.54, 1.807) is 6.92 Å². The van der Waals surface area contributed by atoms with Crippen LogP contribution in [0.2, 0.25) is 0 Å². The van der Waals surface area contributed by atoms with E-state index in [1.807, 2.05) is 0 Å². The fourth-order valence-corrected chi connectivity index (χ4v) is 0.919.